The van der Waals surface area contributed by atoms with Crippen LogP contribution in [-0.4, -0.2) is 41.1 Å². The molecule has 0 aromatic heterocycles. The fourth-order valence-corrected chi connectivity index (χ4v) is 3.62. The molecular weight excluding hydrogens is 238 g/mol. The molecule has 1 N–H and O–H groups in total. The molecule has 0 bridgehead atoms. The molecular formula is C8H19NO4S2. The van der Waals surface area contributed by atoms with E-state index in [1.54, 1.807) is 0 Å². The number of unbranched alkanes of at least 4 members (excludes halogenated alkanes) is 2. The smallest absolute Gasteiger partial charge is 0.212 e. The Labute approximate surface area is 92.2 Å². The molecule has 0 radical (unpaired) electrons. The second-order valence-corrected chi connectivity index (χ2v) is 7.74. The Morgan fingerprint density at radius 2 is 1.60 bits per heavy atom. The lowest BCUT2D eigenvalue weighted by Gasteiger charge is -2.05. The van der Waals surface area contributed by atoms with E-state index in [0.717, 1.165) is 25.5 Å². The van der Waals surface area contributed by atoms with Crippen molar-refractivity contribution >= 4 is 19.9 Å². The maximum Gasteiger partial charge on any atom is 0.212 e. The van der Waals surface area contributed by atoms with Gasteiger partial charge in [-0.15, -0.1) is 0 Å². The highest BCUT2D eigenvalue weighted by Crippen LogP contribution is 1.94. The number of hydrogen-bond acceptors (Lipinski definition) is 4. The first kappa shape index (κ1) is 14.9. The number of sulfone groups is 1. The van der Waals surface area contributed by atoms with Crippen molar-refractivity contribution in [3.05, 3.63) is 0 Å². The van der Waals surface area contributed by atoms with Crippen molar-refractivity contribution in [3.8, 4) is 0 Å². The highest BCUT2D eigenvalue weighted by atomic mass is 32.2. The van der Waals surface area contributed by atoms with Crippen LogP contribution < -0.4 is 4.72 Å². The minimum atomic E-state index is -3.42. The normalized spacial score (nSPS) is 12.9. The molecule has 15 heavy (non-hydrogen) atoms. The molecule has 0 aliphatic rings. The summed E-state index contributed by atoms with van der Waals surface area (Å²) in [4.78, 5) is 0. The minimum absolute atomic E-state index is 0.323. The van der Waals surface area contributed by atoms with Gasteiger partial charge in [0.1, 0.15) is 9.84 Å². The number of nitrogens with one attached hydrogen (secondary N) is 1. The average Bonchev–Trinajstić information content (AvgIpc) is 2.09. The van der Waals surface area contributed by atoms with Crippen molar-refractivity contribution in [2.45, 2.75) is 26.2 Å². The van der Waals surface area contributed by atoms with E-state index in [4.69, 9.17) is 0 Å². The van der Waals surface area contributed by atoms with Crippen LogP contribution in [-0.2, 0) is 19.9 Å². The summed E-state index contributed by atoms with van der Waals surface area (Å²) in [7, 11) is -6.64. The van der Waals surface area contributed by atoms with E-state index in [9.17, 15) is 16.8 Å². The predicted octanol–water partition coefficient (Wildman–Crippen LogP) is 0.141. The van der Waals surface area contributed by atoms with Gasteiger partial charge in [0.05, 0.1) is 11.5 Å². The first-order chi connectivity index (χ1) is 6.77. The molecule has 0 atom stereocenters. The number of rotatable bonds is 8. The molecule has 0 saturated carbocycles. The zero-order valence-corrected chi connectivity index (χ0v) is 10.8. The molecule has 0 spiro atoms. The maximum absolute atomic E-state index is 11.3. The summed E-state index contributed by atoms with van der Waals surface area (Å²) in [5, 5.41) is 0. The van der Waals surface area contributed by atoms with Gasteiger partial charge in [-0.05, 0) is 6.42 Å². The number of sulfonamides is 1. The zero-order chi connectivity index (χ0) is 11.9. The van der Waals surface area contributed by atoms with Crippen LogP contribution in [0.1, 0.15) is 26.2 Å². The van der Waals surface area contributed by atoms with Gasteiger partial charge in [-0.25, -0.2) is 21.6 Å². The molecule has 0 fully saturated rings. The van der Waals surface area contributed by atoms with E-state index in [0.29, 0.717) is 6.54 Å². The van der Waals surface area contributed by atoms with Crippen molar-refractivity contribution in [3.63, 3.8) is 0 Å². The zero-order valence-electron chi connectivity index (χ0n) is 9.19. The molecule has 0 aromatic rings. The van der Waals surface area contributed by atoms with E-state index >= 15 is 0 Å². The summed E-state index contributed by atoms with van der Waals surface area (Å²) >= 11 is 0. The van der Waals surface area contributed by atoms with Gasteiger partial charge in [-0.3, -0.25) is 0 Å². The van der Waals surface area contributed by atoms with Gasteiger partial charge < -0.3 is 0 Å². The molecule has 0 amide bonds. The van der Waals surface area contributed by atoms with E-state index < -0.39 is 19.9 Å². The predicted molar refractivity (Wildman–Crippen MR) is 61.0 cm³/mol. The first-order valence-corrected chi connectivity index (χ1v) is 8.63. The highest BCUT2D eigenvalue weighted by Gasteiger charge is 2.13. The maximum atomic E-state index is 11.3. The van der Waals surface area contributed by atoms with Crippen LogP contribution in [0, 0.1) is 0 Å². The Morgan fingerprint density at radius 1 is 1.00 bits per heavy atom. The van der Waals surface area contributed by atoms with Gasteiger partial charge in [0, 0.05) is 12.8 Å². The summed E-state index contributed by atoms with van der Waals surface area (Å²) in [6.07, 6.45) is 3.80. The third kappa shape index (κ3) is 10.1. The van der Waals surface area contributed by atoms with Crippen LogP contribution in [0.15, 0.2) is 0 Å². The lowest BCUT2D eigenvalue weighted by molar-refractivity contribution is 0.574. The SMILES string of the molecule is CCCCCNS(=O)(=O)CCS(C)(=O)=O. The average molecular weight is 257 g/mol. The van der Waals surface area contributed by atoms with Crippen LogP contribution in [0.3, 0.4) is 0 Å². The van der Waals surface area contributed by atoms with Gasteiger partial charge >= 0.3 is 0 Å². The summed E-state index contributed by atoms with van der Waals surface area (Å²) in [6, 6.07) is 0. The van der Waals surface area contributed by atoms with Crippen LogP contribution in [0.25, 0.3) is 0 Å². The van der Waals surface area contributed by atoms with Crippen molar-refractivity contribution in [2.75, 3.05) is 24.3 Å². The van der Waals surface area contributed by atoms with Crippen LogP contribution in [0.4, 0.5) is 0 Å². The fraction of sp³-hybridized carbons (Fsp3) is 1.00. The summed E-state index contributed by atoms with van der Waals surface area (Å²) in [6.45, 7) is 2.41. The van der Waals surface area contributed by atoms with Gasteiger partial charge in [0.2, 0.25) is 10.0 Å². The first-order valence-electron chi connectivity index (χ1n) is 4.92. The van der Waals surface area contributed by atoms with Gasteiger partial charge in [-0.1, -0.05) is 19.8 Å². The highest BCUT2D eigenvalue weighted by molar-refractivity contribution is 7.93. The fourth-order valence-electron chi connectivity index (χ4n) is 0.936. The van der Waals surface area contributed by atoms with E-state index in [-0.39, 0.29) is 11.5 Å². The molecule has 7 heteroatoms. The Hall–Kier alpha value is -0.140. The third-order valence-electron chi connectivity index (χ3n) is 1.83. The minimum Gasteiger partial charge on any atom is -0.229 e. The second kappa shape index (κ2) is 6.44. The van der Waals surface area contributed by atoms with Gasteiger partial charge in [0.25, 0.3) is 0 Å². The lowest BCUT2D eigenvalue weighted by Crippen LogP contribution is -2.30. The van der Waals surface area contributed by atoms with Crippen molar-refractivity contribution in [1.29, 1.82) is 0 Å². The molecule has 0 unspecified atom stereocenters. The molecule has 0 aliphatic carbocycles. The van der Waals surface area contributed by atoms with Gasteiger partial charge in [-0.2, -0.15) is 0 Å². The number of hydrogen-bond donors (Lipinski definition) is 1. The largest absolute Gasteiger partial charge is 0.229 e. The third-order valence-corrected chi connectivity index (χ3v) is 4.41. The second-order valence-electron chi connectivity index (χ2n) is 3.55. The monoisotopic (exact) mass is 257 g/mol. The van der Waals surface area contributed by atoms with E-state index in [1.165, 1.54) is 0 Å². The van der Waals surface area contributed by atoms with Crippen LogP contribution >= 0.6 is 0 Å². The summed E-state index contributed by atoms with van der Waals surface area (Å²) in [5.41, 5.74) is 0. The van der Waals surface area contributed by atoms with Crippen molar-refractivity contribution in [1.82, 2.24) is 4.72 Å². The molecule has 0 aliphatic heterocycles. The lowest BCUT2D eigenvalue weighted by atomic mass is 10.3. The Bertz CT molecular complexity index is 358. The van der Waals surface area contributed by atoms with Crippen LogP contribution in [0.2, 0.25) is 0 Å². The van der Waals surface area contributed by atoms with E-state index in [2.05, 4.69) is 4.72 Å². The Balaban J connectivity index is 3.88. The Kier molecular flexibility index (Phi) is 6.38. The summed E-state index contributed by atoms with van der Waals surface area (Å²) in [5.74, 6) is -0.673. The molecule has 0 rings (SSSR count). The van der Waals surface area contributed by atoms with Crippen molar-refractivity contribution in [2.24, 2.45) is 0 Å². The quantitative estimate of drug-likeness (QED) is 0.627. The van der Waals surface area contributed by atoms with E-state index in [1.807, 2.05) is 6.92 Å². The van der Waals surface area contributed by atoms with Crippen molar-refractivity contribution < 1.29 is 16.8 Å². The molecule has 92 valence electrons. The Morgan fingerprint density at radius 3 is 2.07 bits per heavy atom. The topological polar surface area (TPSA) is 80.3 Å². The molecule has 0 saturated heterocycles. The van der Waals surface area contributed by atoms with Crippen LogP contribution in [0.5, 0.6) is 0 Å². The molecule has 0 heterocycles. The molecule has 5 nitrogen and oxygen atoms in total. The molecule has 0 aromatic carbocycles. The standard InChI is InChI=1S/C8H19NO4S2/c1-3-4-5-6-9-15(12,13)8-7-14(2,10)11/h9H,3-8H2,1-2H3. The van der Waals surface area contributed by atoms with Gasteiger partial charge in [0.15, 0.2) is 0 Å². The summed E-state index contributed by atoms with van der Waals surface area (Å²) < 4.78 is 46.4.